The highest BCUT2D eigenvalue weighted by Gasteiger charge is 2.22. The average Bonchev–Trinajstić information content (AvgIpc) is 2.03. The Labute approximate surface area is 85.6 Å². The van der Waals surface area contributed by atoms with E-state index in [1.807, 2.05) is 13.8 Å². The quantitative estimate of drug-likeness (QED) is 0.619. The number of aliphatic hydroxyl groups excluding tert-OH is 1. The Kier molecular flexibility index (Phi) is 6.49. The van der Waals surface area contributed by atoms with Crippen molar-refractivity contribution in [3.05, 3.63) is 0 Å². The molecule has 0 saturated heterocycles. The lowest BCUT2D eigenvalue weighted by Gasteiger charge is -2.21. The zero-order valence-electron chi connectivity index (χ0n) is 9.41. The molecule has 0 bridgehead atoms. The highest BCUT2D eigenvalue weighted by Crippen LogP contribution is 2.03. The fourth-order valence-electron chi connectivity index (χ4n) is 1.12. The molecular weight excluding hydrogens is 182 g/mol. The van der Waals surface area contributed by atoms with Crippen molar-refractivity contribution < 1.29 is 14.6 Å². The van der Waals surface area contributed by atoms with E-state index in [9.17, 15) is 4.79 Å². The number of carbonyl (C=O) groups is 1. The highest BCUT2D eigenvalue weighted by molar-refractivity contribution is 5.76. The Bertz CT molecular complexity index is 169. The molecule has 0 aromatic heterocycles. The summed E-state index contributed by atoms with van der Waals surface area (Å²) in [6, 6.07) is -0.329. The highest BCUT2D eigenvalue weighted by atomic mass is 16.5. The first-order valence-electron chi connectivity index (χ1n) is 5.07. The van der Waals surface area contributed by atoms with Gasteiger partial charge in [-0.15, -0.1) is 0 Å². The van der Waals surface area contributed by atoms with E-state index in [1.165, 1.54) is 0 Å². The van der Waals surface area contributed by atoms with E-state index >= 15 is 0 Å². The zero-order chi connectivity index (χ0) is 11.1. The van der Waals surface area contributed by atoms with Gasteiger partial charge in [0.15, 0.2) is 0 Å². The Balaban J connectivity index is 4.08. The molecular formula is C10H21NO3. The van der Waals surface area contributed by atoms with Crippen LogP contribution in [0, 0.1) is 5.92 Å². The van der Waals surface area contributed by atoms with Gasteiger partial charge in [0.1, 0.15) is 6.04 Å². The van der Waals surface area contributed by atoms with Crippen LogP contribution < -0.4 is 5.32 Å². The lowest BCUT2D eigenvalue weighted by atomic mass is 10.0. The van der Waals surface area contributed by atoms with Gasteiger partial charge in [-0.05, 0) is 19.8 Å². The van der Waals surface area contributed by atoms with Gasteiger partial charge in [0, 0.05) is 6.54 Å². The second-order valence-corrected chi connectivity index (χ2v) is 3.73. The topological polar surface area (TPSA) is 58.6 Å². The van der Waals surface area contributed by atoms with E-state index in [4.69, 9.17) is 9.84 Å². The van der Waals surface area contributed by atoms with E-state index < -0.39 is 6.10 Å². The molecule has 2 N–H and O–H groups in total. The number of rotatable bonds is 6. The van der Waals surface area contributed by atoms with Crippen molar-refractivity contribution in [1.29, 1.82) is 0 Å². The van der Waals surface area contributed by atoms with Crippen molar-refractivity contribution in [1.82, 2.24) is 5.32 Å². The van der Waals surface area contributed by atoms with Crippen molar-refractivity contribution in [3.8, 4) is 0 Å². The molecule has 0 fully saturated rings. The first-order chi connectivity index (χ1) is 6.49. The van der Waals surface area contributed by atoms with Crippen LogP contribution in [0.3, 0.4) is 0 Å². The van der Waals surface area contributed by atoms with Crippen molar-refractivity contribution in [3.63, 3.8) is 0 Å². The minimum atomic E-state index is -0.453. The summed E-state index contributed by atoms with van der Waals surface area (Å²) in [5, 5.41) is 12.1. The molecule has 0 aliphatic heterocycles. The summed E-state index contributed by atoms with van der Waals surface area (Å²) in [6.45, 7) is 8.13. The Morgan fingerprint density at radius 1 is 1.43 bits per heavy atom. The molecule has 0 amide bonds. The molecule has 4 nitrogen and oxygen atoms in total. The molecule has 0 saturated carbocycles. The summed E-state index contributed by atoms with van der Waals surface area (Å²) in [5.74, 6) is -0.0871. The van der Waals surface area contributed by atoms with Gasteiger partial charge in [-0.25, -0.2) is 0 Å². The van der Waals surface area contributed by atoms with E-state index in [0.717, 1.165) is 0 Å². The maximum Gasteiger partial charge on any atom is 0.323 e. The van der Waals surface area contributed by atoms with Crippen LogP contribution in [0.1, 0.15) is 27.7 Å². The third-order valence-electron chi connectivity index (χ3n) is 1.84. The fourth-order valence-corrected chi connectivity index (χ4v) is 1.12. The lowest BCUT2D eigenvalue weighted by molar-refractivity contribution is -0.146. The first kappa shape index (κ1) is 13.4. The van der Waals surface area contributed by atoms with Gasteiger partial charge in [0.2, 0.25) is 0 Å². The standard InChI is InChI=1S/C10H21NO3/c1-5-14-10(13)9(7(2)3)11-6-8(4)12/h7-9,11-12H,5-6H2,1-4H3/t8?,9-/m0/s1. The summed E-state index contributed by atoms with van der Waals surface area (Å²) in [6.07, 6.45) is -0.453. The molecule has 2 atom stereocenters. The number of aliphatic hydroxyl groups is 1. The molecule has 0 aromatic carbocycles. The molecule has 14 heavy (non-hydrogen) atoms. The lowest BCUT2D eigenvalue weighted by Crippen LogP contribution is -2.44. The summed E-state index contributed by atoms with van der Waals surface area (Å²) >= 11 is 0. The van der Waals surface area contributed by atoms with Gasteiger partial charge < -0.3 is 15.2 Å². The van der Waals surface area contributed by atoms with E-state index in [0.29, 0.717) is 13.2 Å². The SMILES string of the molecule is CCOC(=O)[C@@H](NCC(C)O)C(C)C. The van der Waals surface area contributed by atoms with Crippen molar-refractivity contribution in [2.75, 3.05) is 13.2 Å². The normalized spacial score (nSPS) is 15.3. The fraction of sp³-hybridized carbons (Fsp3) is 0.900. The molecule has 0 heterocycles. The molecule has 0 aliphatic rings. The molecule has 1 unspecified atom stereocenters. The Hall–Kier alpha value is -0.610. The summed E-state index contributed by atoms with van der Waals surface area (Å²) in [4.78, 5) is 11.4. The molecule has 0 radical (unpaired) electrons. The number of hydrogen-bond donors (Lipinski definition) is 2. The monoisotopic (exact) mass is 203 g/mol. The van der Waals surface area contributed by atoms with Crippen LogP contribution in [0.25, 0.3) is 0 Å². The molecule has 4 heteroatoms. The average molecular weight is 203 g/mol. The second kappa shape index (κ2) is 6.79. The smallest absolute Gasteiger partial charge is 0.323 e. The van der Waals surface area contributed by atoms with Crippen molar-refractivity contribution in [2.45, 2.75) is 39.8 Å². The van der Waals surface area contributed by atoms with Gasteiger partial charge >= 0.3 is 5.97 Å². The number of hydrogen-bond acceptors (Lipinski definition) is 4. The van der Waals surface area contributed by atoms with Gasteiger partial charge in [0.05, 0.1) is 12.7 Å². The van der Waals surface area contributed by atoms with Crippen LogP contribution in [0.4, 0.5) is 0 Å². The van der Waals surface area contributed by atoms with Gasteiger partial charge in [0.25, 0.3) is 0 Å². The summed E-state index contributed by atoms with van der Waals surface area (Å²) in [5.41, 5.74) is 0. The van der Waals surface area contributed by atoms with Crippen molar-refractivity contribution in [2.24, 2.45) is 5.92 Å². The van der Waals surface area contributed by atoms with Crippen LogP contribution in [0.15, 0.2) is 0 Å². The van der Waals surface area contributed by atoms with E-state index in [1.54, 1.807) is 13.8 Å². The molecule has 0 aliphatic carbocycles. The van der Waals surface area contributed by atoms with Crippen LogP contribution in [-0.4, -0.2) is 36.4 Å². The molecule has 84 valence electrons. The first-order valence-corrected chi connectivity index (χ1v) is 5.07. The van der Waals surface area contributed by atoms with Crippen LogP contribution in [0.5, 0.6) is 0 Å². The summed E-state index contributed by atoms with van der Waals surface area (Å²) in [7, 11) is 0. The second-order valence-electron chi connectivity index (χ2n) is 3.73. The van der Waals surface area contributed by atoms with E-state index in [-0.39, 0.29) is 17.9 Å². The zero-order valence-corrected chi connectivity index (χ0v) is 9.41. The molecule has 0 aromatic rings. The van der Waals surface area contributed by atoms with Crippen LogP contribution in [-0.2, 0) is 9.53 Å². The molecule has 0 spiro atoms. The Morgan fingerprint density at radius 3 is 2.36 bits per heavy atom. The predicted molar refractivity (Wildman–Crippen MR) is 54.9 cm³/mol. The maximum atomic E-state index is 11.4. The number of nitrogens with one attached hydrogen (secondary N) is 1. The molecule has 0 rings (SSSR count). The van der Waals surface area contributed by atoms with E-state index in [2.05, 4.69) is 5.32 Å². The largest absolute Gasteiger partial charge is 0.465 e. The third-order valence-corrected chi connectivity index (χ3v) is 1.84. The third kappa shape index (κ3) is 5.19. The number of carbonyl (C=O) groups excluding carboxylic acids is 1. The van der Waals surface area contributed by atoms with Crippen LogP contribution >= 0.6 is 0 Å². The minimum Gasteiger partial charge on any atom is -0.465 e. The van der Waals surface area contributed by atoms with Crippen molar-refractivity contribution >= 4 is 5.97 Å². The number of esters is 1. The van der Waals surface area contributed by atoms with Gasteiger partial charge in [-0.2, -0.15) is 0 Å². The maximum absolute atomic E-state index is 11.4. The van der Waals surface area contributed by atoms with Crippen LogP contribution in [0.2, 0.25) is 0 Å². The number of ether oxygens (including phenoxy) is 1. The minimum absolute atomic E-state index is 0.160. The van der Waals surface area contributed by atoms with Gasteiger partial charge in [-0.1, -0.05) is 13.8 Å². The van der Waals surface area contributed by atoms with Gasteiger partial charge in [-0.3, -0.25) is 4.79 Å². The summed E-state index contributed by atoms with van der Waals surface area (Å²) < 4.78 is 4.91. The Morgan fingerprint density at radius 2 is 2.00 bits per heavy atom. The predicted octanol–water partition coefficient (Wildman–Crippen LogP) is 0.544.